The second-order valence-electron chi connectivity index (χ2n) is 3.46. The van der Waals surface area contributed by atoms with Crippen molar-refractivity contribution in [1.82, 2.24) is 9.80 Å². The van der Waals surface area contributed by atoms with E-state index >= 15 is 0 Å². The molecule has 0 aromatic rings. The quantitative estimate of drug-likeness (QED) is 0.606. The van der Waals surface area contributed by atoms with Crippen LogP contribution in [0.1, 0.15) is 6.42 Å². The molecular weight excluding hydrogens is 220 g/mol. The fraction of sp³-hybridized carbons (Fsp3) is 0.625. The Kier molecular flexibility index (Phi) is 3.54. The molecule has 1 unspecified atom stereocenters. The van der Waals surface area contributed by atoms with Crippen LogP contribution in [0, 0.1) is 0 Å². The van der Waals surface area contributed by atoms with Crippen LogP contribution in [0.3, 0.4) is 0 Å². The van der Waals surface area contributed by atoms with E-state index in [0.29, 0.717) is 0 Å². The summed E-state index contributed by atoms with van der Waals surface area (Å²) in [4.78, 5) is 34.0. The number of amides is 2. The van der Waals surface area contributed by atoms with Crippen LogP contribution in [0.25, 0.3) is 0 Å². The predicted octanol–water partition coefficient (Wildman–Crippen LogP) is -0.197. The first kappa shape index (κ1) is 12.1. The molecule has 8 nitrogen and oxygen atoms in total. The number of carbonyl (C=O) groups is 3. The van der Waals surface area contributed by atoms with Gasteiger partial charge in [0, 0.05) is 19.6 Å². The first-order chi connectivity index (χ1) is 7.41. The Balaban J connectivity index is 2.72. The van der Waals surface area contributed by atoms with Crippen molar-refractivity contribution in [2.24, 2.45) is 0 Å². The molecule has 1 saturated heterocycles. The maximum absolute atomic E-state index is 10.8. The number of rotatable bonds is 2. The Bertz CT molecular complexity index is 318. The van der Waals surface area contributed by atoms with Crippen LogP contribution in [0.4, 0.5) is 9.59 Å². The average Bonchev–Trinajstić information content (AvgIpc) is 2.15. The standard InChI is InChI=1S/C8H12N2O6/c11-6(12)3-5-4-9(7(13)14)1-2-10(5)8(15)16/h5H,1-4H2,(H,11,12)(H,13,14)(H,15,16). The summed E-state index contributed by atoms with van der Waals surface area (Å²) in [5.41, 5.74) is 0. The molecule has 0 aliphatic carbocycles. The summed E-state index contributed by atoms with van der Waals surface area (Å²) in [5.74, 6) is -1.15. The third kappa shape index (κ3) is 2.75. The maximum atomic E-state index is 10.8. The number of carboxylic acids is 1. The lowest BCUT2D eigenvalue weighted by atomic mass is 10.1. The number of hydrogen-bond donors (Lipinski definition) is 3. The largest absolute Gasteiger partial charge is 0.481 e. The highest BCUT2D eigenvalue weighted by atomic mass is 16.4. The molecule has 1 rings (SSSR count). The molecule has 1 aliphatic heterocycles. The number of nitrogens with zero attached hydrogens (tertiary/aromatic N) is 2. The van der Waals surface area contributed by atoms with E-state index in [1.54, 1.807) is 0 Å². The third-order valence-corrected chi connectivity index (χ3v) is 2.41. The normalized spacial score (nSPS) is 20.6. The minimum absolute atomic E-state index is 0.000417. The molecule has 3 N–H and O–H groups in total. The lowest BCUT2D eigenvalue weighted by molar-refractivity contribution is -0.138. The Labute approximate surface area is 90.7 Å². The molecule has 8 heteroatoms. The summed E-state index contributed by atoms with van der Waals surface area (Å²) in [5, 5.41) is 26.1. The number of aliphatic carboxylic acids is 1. The van der Waals surface area contributed by atoms with Gasteiger partial charge in [-0.2, -0.15) is 0 Å². The molecule has 0 saturated carbocycles. The van der Waals surface area contributed by atoms with Crippen molar-refractivity contribution in [3.05, 3.63) is 0 Å². The topological polar surface area (TPSA) is 118 Å². The van der Waals surface area contributed by atoms with E-state index in [4.69, 9.17) is 15.3 Å². The average molecular weight is 232 g/mol. The number of piperazine rings is 1. The van der Waals surface area contributed by atoms with Gasteiger partial charge in [-0.15, -0.1) is 0 Å². The van der Waals surface area contributed by atoms with Gasteiger partial charge in [0.1, 0.15) is 0 Å². The van der Waals surface area contributed by atoms with Crippen LogP contribution in [-0.4, -0.2) is 69.0 Å². The van der Waals surface area contributed by atoms with Crippen LogP contribution in [0.15, 0.2) is 0 Å². The van der Waals surface area contributed by atoms with Crippen LogP contribution in [0.2, 0.25) is 0 Å². The lowest BCUT2D eigenvalue weighted by Gasteiger charge is -2.37. The summed E-state index contributed by atoms with van der Waals surface area (Å²) in [6.45, 7) is -0.0364. The Hall–Kier alpha value is -1.99. The summed E-state index contributed by atoms with van der Waals surface area (Å²) in [6, 6.07) is -0.820. The van der Waals surface area contributed by atoms with Gasteiger partial charge >= 0.3 is 18.2 Å². The second-order valence-corrected chi connectivity index (χ2v) is 3.46. The van der Waals surface area contributed by atoms with E-state index in [0.717, 1.165) is 9.80 Å². The second kappa shape index (κ2) is 4.69. The van der Waals surface area contributed by atoms with Gasteiger partial charge in [0.15, 0.2) is 0 Å². The molecule has 0 radical (unpaired) electrons. The summed E-state index contributed by atoms with van der Waals surface area (Å²) in [7, 11) is 0. The van der Waals surface area contributed by atoms with E-state index in [1.165, 1.54) is 0 Å². The zero-order valence-corrected chi connectivity index (χ0v) is 8.37. The van der Waals surface area contributed by atoms with E-state index in [-0.39, 0.29) is 19.6 Å². The molecule has 1 atom stereocenters. The summed E-state index contributed by atoms with van der Waals surface area (Å²) >= 11 is 0. The highest BCUT2D eigenvalue weighted by molar-refractivity contribution is 5.72. The summed E-state index contributed by atoms with van der Waals surface area (Å²) < 4.78 is 0. The lowest BCUT2D eigenvalue weighted by Crippen LogP contribution is -2.56. The van der Waals surface area contributed by atoms with E-state index in [9.17, 15) is 14.4 Å². The molecule has 90 valence electrons. The minimum atomic E-state index is -1.23. The zero-order valence-electron chi connectivity index (χ0n) is 8.37. The van der Waals surface area contributed by atoms with E-state index in [1.807, 2.05) is 0 Å². The maximum Gasteiger partial charge on any atom is 0.407 e. The minimum Gasteiger partial charge on any atom is -0.481 e. The van der Waals surface area contributed by atoms with E-state index < -0.39 is 30.6 Å². The van der Waals surface area contributed by atoms with Gasteiger partial charge in [-0.3, -0.25) is 4.79 Å². The Morgan fingerprint density at radius 2 is 1.69 bits per heavy atom. The molecule has 1 aliphatic rings. The monoisotopic (exact) mass is 232 g/mol. The molecule has 16 heavy (non-hydrogen) atoms. The Morgan fingerprint density at radius 3 is 2.12 bits per heavy atom. The van der Waals surface area contributed by atoms with Gasteiger partial charge in [-0.1, -0.05) is 0 Å². The predicted molar refractivity (Wildman–Crippen MR) is 50.4 cm³/mol. The molecule has 0 spiro atoms. The van der Waals surface area contributed by atoms with Gasteiger partial charge in [0.25, 0.3) is 0 Å². The van der Waals surface area contributed by atoms with Crippen molar-refractivity contribution >= 4 is 18.2 Å². The van der Waals surface area contributed by atoms with Gasteiger partial charge in [0.2, 0.25) is 0 Å². The Morgan fingerprint density at radius 1 is 1.06 bits per heavy atom. The van der Waals surface area contributed by atoms with Gasteiger partial charge in [-0.25, -0.2) is 9.59 Å². The molecule has 0 aromatic heterocycles. The number of hydrogen-bond acceptors (Lipinski definition) is 3. The zero-order chi connectivity index (χ0) is 12.3. The van der Waals surface area contributed by atoms with Gasteiger partial charge in [0.05, 0.1) is 12.5 Å². The van der Waals surface area contributed by atoms with Gasteiger partial charge < -0.3 is 25.1 Å². The molecular formula is C8H12N2O6. The first-order valence-electron chi connectivity index (χ1n) is 4.61. The highest BCUT2D eigenvalue weighted by Crippen LogP contribution is 2.13. The molecule has 0 aromatic carbocycles. The van der Waals surface area contributed by atoms with Crippen molar-refractivity contribution in [3.63, 3.8) is 0 Å². The fourth-order valence-electron chi connectivity index (χ4n) is 1.66. The van der Waals surface area contributed by atoms with Crippen LogP contribution >= 0.6 is 0 Å². The SMILES string of the molecule is O=C(O)CC1CN(C(=O)O)CCN1C(=O)O. The van der Waals surface area contributed by atoms with Crippen LogP contribution in [0.5, 0.6) is 0 Å². The van der Waals surface area contributed by atoms with Crippen LogP contribution in [-0.2, 0) is 4.79 Å². The molecule has 1 heterocycles. The molecule has 0 bridgehead atoms. The molecule has 2 amide bonds. The number of carboxylic acid groups (broad SMARTS) is 3. The van der Waals surface area contributed by atoms with Crippen molar-refractivity contribution in [1.29, 1.82) is 0 Å². The highest BCUT2D eigenvalue weighted by Gasteiger charge is 2.33. The van der Waals surface area contributed by atoms with Crippen LogP contribution < -0.4 is 0 Å². The van der Waals surface area contributed by atoms with Crippen molar-refractivity contribution < 1.29 is 29.7 Å². The smallest absolute Gasteiger partial charge is 0.407 e. The van der Waals surface area contributed by atoms with Crippen molar-refractivity contribution in [2.75, 3.05) is 19.6 Å². The summed E-state index contributed by atoms with van der Waals surface area (Å²) in [6.07, 6.45) is -2.78. The van der Waals surface area contributed by atoms with E-state index in [2.05, 4.69) is 0 Å². The van der Waals surface area contributed by atoms with Gasteiger partial charge in [-0.05, 0) is 0 Å². The fourth-order valence-corrected chi connectivity index (χ4v) is 1.66. The van der Waals surface area contributed by atoms with Crippen molar-refractivity contribution in [2.45, 2.75) is 12.5 Å². The molecule has 1 fully saturated rings. The third-order valence-electron chi connectivity index (χ3n) is 2.41. The first-order valence-corrected chi connectivity index (χ1v) is 4.61. The van der Waals surface area contributed by atoms with Crippen molar-refractivity contribution in [3.8, 4) is 0 Å².